The quantitative estimate of drug-likeness (QED) is 0.450. The van der Waals surface area contributed by atoms with E-state index in [1.165, 1.54) is 24.3 Å². The lowest BCUT2D eigenvalue weighted by molar-refractivity contribution is -0.113. The number of fused-ring (bicyclic) bond motifs is 1. The van der Waals surface area contributed by atoms with Crippen LogP contribution in [0.1, 0.15) is 41.9 Å². The number of carbonyl (C=O) groups is 2. The van der Waals surface area contributed by atoms with Crippen LogP contribution in [0.2, 0.25) is 0 Å². The molecule has 4 rings (SSSR count). The van der Waals surface area contributed by atoms with Gasteiger partial charge in [0.1, 0.15) is 22.7 Å². The molecule has 0 atom stereocenters. The van der Waals surface area contributed by atoms with Gasteiger partial charge in [-0.1, -0.05) is 37.7 Å². The van der Waals surface area contributed by atoms with Crippen LogP contribution in [-0.2, 0) is 11.2 Å². The molecule has 1 amide bonds. The minimum absolute atomic E-state index is 0.00274. The molecule has 0 radical (unpaired) electrons. The minimum atomic E-state index is -0.391. The van der Waals surface area contributed by atoms with Crippen molar-refractivity contribution in [3.63, 3.8) is 0 Å². The summed E-state index contributed by atoms with van der Waals surface area (Å²) in [5.74, 6) is -0.0892. The Labute approximate surface area is 207 Å². The number of methoxy groups -OCH3 is 1. The first-order chi connectivity index (χ1) is 16.7. The van der Waals surface area contributed by atoms with Crippen molar-refractivity contribution in [3.05, 3.63) is 71.2 Å². The number of ketones is 1. The number of halogens is 1. The van der Waals surface area contributed by atoms with E-state index in [0.29, 0.717) is 51.7 Å². The van der Waals surface area contributed by atoms with Crippen LogP contribution in [0.4, 0.5) is 10.1 Å². The lowest BCUT2D eigenvalue weighted by Crippen LogP contribution is -2.29. The number of nitrogens with one attached hydrogen (secondary N) is 1. The van der Waals surface area contributed by atoms with Crippen LogP contribution in [0.15, 0.2) is 53.6 Å². The minimum Gasteiger partial charge on any atom is -0.497 e. The van der Waals surface area contributed by atoms with Crippen molar-refractivity contribution in [1.82, 2.24) is 4.98 Å². The molecule has 3 aromatic rings. The van der Waals surface area contributed by atoms with Gasteiger partial charge in [0.25, 0.3) is 0 Å². The second-order valence-electron chi connectivity index (χ2n) is 9.11. The Morgan fingerprint density at radius 2 is 1.83 bits per heavy atom. The van der Waals surface area contributed by atoms with Gasteiger partial charge >= 0.3 is 0 Å². The number of rotatable bonds is 6. The second kappa shape index (κ2) is 9.88. The predicted molar refractivity (Wildman–Crippen MR) is 133 cm³/mol. The van der Waals surface area contributed by atoms with E-state index in [9.17, 15) is 19.2 Å². The number of pyridine rings is 1. The van der Waals surface area contributed by atoms with Gasteiger partial charge in [0.2, 0.25) is 5.91 Å². The first-order valence-corrected chi connectivity index (χ1v) is 12.0. The fraction of sp³-hybridized carbons (Fsp3) is 0.259. The fourth-order valence-corrected chi connectivity index (χ4v) is 5.00. The highest BCUT2D eigenvalue weighted by Gasteiger charge is 2.36. The molecule has 1 aliphatic rings. The Kier molecular flexibility index (Phi) is 6.90. The van der Waals surface area contributed by atoms with Gasteiger partial charge in [-0.05, 0) is 53.8 Å². The molecule has 8 heteroatoms. The number of amides is 1. The summed E-state index contributed by atoms with van der Waals surface area (Å²) >= 11 is 1.14. The number of ether oxygens (including phenoxy) is 1. The molecule has 2 aromatic carbocycles. The molecule has 1 heterocycles. The Balaban J connectivity index is 1.73. The summed E-state index contributed by atoms with van der Waals surface area (Å²) in [4.78, 5) is 30.5. The molecule has 1 N–H and O–H groups in total. The van der Waals surface area contributed by atoms with E-state index in [1.807, 2.05) is 26.0 Å². The lowest BCUT2D eigenvalue weighted by Gasteiger charge is -2.31. The standard InChI is InChI=1S/C27H24FN3O3S/c1-27(2)12-21-25(22(32)13-27)24(16-4-10-19(34-3)11-5-16)20(14-29)26(31-21)35-15-23(33)30-18-8-6-17(28)7-9-18/h4-11H,12-13,15H2,1-3H3,(H,30,33). The average Bonchev–Trinajstić information content (AvgIpc) is 2.82. The first-order valence-electron chi connectivity index (χ1n) is 11.0. The van der Waals surface area contributed by atoms with E-state index in [1.54, 1.807) is 19.2 Å². The Morgan fingerprint density at radius 1 is 1.14 bits per heavy atom. The summed E-state index contributed by atoms with van der Waals surface area (Å²) in [6, 6.07) is 14.9. The van der Waals surface area contributed by atoms with Gasteiger partial charge in [-0.25, -0.2) is 9.37 Å². The number of hydrogen-bond donors (Lipinski definition) is 1. The van der Waals surface area contributed by atoms with Gasteiger partial charge in [0.05, 0.1) is 24.1 Å². The third-order valence-electron chi connectivity index (χ3n) is 5.76. The number of benzene rings is 2. The van der Waals surface area contributed by atoms with Crippen molar-refractivity contribution < 1.29 is 18.7 Å². The maximum atomic E-state index is 13.2. The number of nitrogens with zero attached hydrogens (tertiary/aromatic N) is 2. The summed E-state index contributed by atoms with van der Waals surface area (Å²) in [7, 11) is 1.57. The Bertz CT molecular complexity index is 1330. The van der Waals surface area contributed by atoms with Gasteiger partial charge in [0, 0.05) is 23.2 Å². The van der Waals surface area contributed by atoms with Crippen molar-refractivity contribution in [3.8, 4) is 22.9 Å². The molecule has 0 spiro atoms. The average molecular weight is 490 g/mol. The van der Waals surface area contributed by atoms with E-state index < -0.39 is 5.82 Å². The zero-order valence-electron chi connectivity index (χ0n) is 19.6. The molecule has 178 valence electrons. The SMILES string of the molecule is COc1ccc(-c2c(C#N)c(SCC(=O)Nc3ccc(F)cc3)nc3c2C(=O)CC(C)(C)C3)cc1. The van der Waals surface area contributed by atoms with Gasteiger partial charge in [-0.15, -0.1) is 0 Å². The zero-order valence-corrected chi connectivity index (χ0v) is 20.5. The Hall–Kier alpha value is -3.70. The smallest absolute Gasteiger partial charge is 0.234 e. The van der Waals surface area contributed by atoms with E-state index in [2.05, 4.69) is 11.4 Å². The summed E-state index contributed by atoms with van der Waals surface area (Å²) in [6.45, 7) is 4.04. The molecule has 0 aliphatic heterocycles. The van der Waals surface area contributed by atoms with E-state index in [4.69, 9.17) is 9.72 Å². The van der Waals surface area contributed by atoms with E-state index in [0.717, 1.165) is 11.8 Å². The highest BCUT2D eigenvalue weighted by Crippen LogP contribution is 2.42. The highest BCUT2D eigenvalue weighted by atomic mass is 32.2. The van der Waals surface area contributed by atoms with Gasteiger partial charge in [-0.3, -0.25) is 9.59 Å². The number of aromatic nitrogens is 1. The monoisotopic (exact) mass is 489 g/mol. The van der Waals surface area contributed by atoms with Crippen molar-refractivity contribution in [2.45, 2.75) is 31.7 Å². The molecule has 6 nitrogen and oxygen atoms in total. The number of anilines is 1. The number of Topliss-reactive ketones (excluding diaryl/α,β-unsaturated/α-hetero) is 1. The maximum Gasteiger partial charge on any atom is 0.234 e. The van der Waals surface area contributed by atoms with Crippen molar-refractivity contribution in [1.29, 1.82) is 5.26 Å². The largest absolute Gasteiger partial charge is 0.497 e. The van der Waals surface area contributed by atoms with Gasteiger partial charge in [-0.2, -0.15) is 5.26 Å². The second-order valence-corrected chi connectivity index (χ2v) is 10.1. The molecule has 1 aromatic heterocycles. The molecule has 0 bridgehead atoms. The molecule has 1 aliphatic carbocycles. The van der Waals surface area contributed by atoms with Gasteiger partial charge in [0.15, 0.2) is 5.78 Å². The van der Waals surface area contributed by atoms with Crippen LogP contribution in [0, 0.1) is 22.6 Å². The van der Waals surface area contributed by atoms with E-state index in [-0.39, 0.29) is 28.4 Å². The van der Waals surface area contributed by atoms with Crippen molar-refractivity contribution in [2.75, 3.05) is 18.2 Å². The van der Waals surface area contributed by atoms with Crippen LogP contribution in [-0.4, -0.2) is 29.5 Å². The maximum absolute atomic E-state index is 13.2. The van der Waals surface area contributed by atoms with Crippen molar-refractivity contribution >= 4 is 29.1 Å². The van der Waals surface area contributed by atoms with Crippen molar-refractivity contribution in [2.24, 2.45) is 5.41 Å². The molecular formula is C27H24FN3O3S. The normalized spacial score (nSPS) is 14.1. The van der Waals surface area contributed by atoms with Crippen LogP contribution in [0.3, 0.4) is 0 Å². The molecule has 0 saturated heterocycles. The van der Waals surface area contributed by atoms with Crippen LogP contribution >= 0.6 is 11.8 Å². The summed E-state index contributed by atoms with van der Waals surface area (Å²) < 4.78 is 18.4. The third kappa shape index (κ3) is 5.36. The fourth-order valence-electron chi connectivity index (χ4n) is 4.20. The van der Waals surface area contributed by atoms with E-state index >= 15 is 0 Å². The summed E-state index contributed by atoms with van der Waals surface area (Å²) in [5, 5.41) is 13.2. The molecule has 0 saturated carbocycles. The molecule has 35 heavy (non-hydrogen) atoms. The topological polar surface area (TPSA) is 92.1 Å². The highest BCUT2D eigenvalue weighted by molar-refractivity contribution is 8.00. The molecular weight excluding hydrogens is 465 g/mol. The summed E-state index contributed by atoms with van der Waals surface area (Å²) in [6.07, 6.45) is 0.945. The number of hydrogen-bond acceptors (Lipinski definition) is 6. The van der Waals surface area contributed by atoms with Gasteiger partial charge < -0.3 is 10.1 Å². The first kappa shape index (κ1) is 24.4. The molecule has 0 unspecified atom stereocenters. The molecule has 0 fully saturated rings. The number of nitriles is 1. The van der Waals surface area contributed by atoms with Crippen LogP contribution in [0.5, 0.6) is 5.75 Å². The summed E-state index contributed by atoms with van der Waals surface area (Å²) in [5.41, 5.74) is 2.85. The number of thioether (sulfide) groups is 1. The van der Waals surface area contributed by atoms with Crippen LogP contribution in [0.25, 0.3) is 11.1 Å². The van der Waals surface area contributed by atoms with Crippen LogP contribution < -0.4 is 10.1 Å². The predicted octanol–water partition coefficient (Wildman–Crippen LogP) is 5.65. The zero-order chi connectivity index (χ0) is 25.2. The Morgan fingerprint density at radius 3 is 2.46 bits per heavy atom. The third-order valence-corrected chi connectivity index (χ3v) is 6.74. The lowest BCUT2D eigenvalue weighted by atomic mass is 9.73. The number of carbonyl (C=O) groups excluding carboxylic acids is 2.